The molecular formula is C31H23BrN6. The summed E-state index contributed by atoms with van der Waals surface area (Å²) < 4.78 is 2.97. The van der Waals surface area contributed by atoms with E-state index >= 15 is 0 Å². The first-order valence-electron chi connectivity index (χ1n) is 12.5. The third-order valence-corrected chi connectivity index (χ3v) is 7.33. The number of halogens is 1. The van der Waals surface area contributed by atoms with Gasteiger partial charge >= 0.3 is 0 Å². The maximum Gasteiger partial charge on any atom is 0.179 e. The van der Waals surface area contributed by atoms with Crippen molar-refractivity contribution < 1.29 is 0 Å². The average molecular weight is 559 g/mol. The van der Waals surface area contributed by atoms with Gasteiger partial charge in [0.25, 0.3) is 0 Å². The number of hydrogen-bond donors (Lipinski definition) is 1. The number of benzene rings is 4. The van der Waals surface area contributed by atoms with Gasteiger partial charge in [0, 0.05) is 15.7 Å². The van der Waals surface area contributed by atoms with Crippen molar-refractivity contribution in [2.45, 2.75) is 13.0 Å². The minimum Gasteiger partial charge on any atom is -0.337 e. The van der Waals surface area contributed by atoms with E-state index < -0.39 is 0 Å². The van der Waals surface area contributed by atoms with Crippen molar-refractivity contribution in [3.05, 3.63) is 130 Å². The summed E-state index contributed by atoms with van der Waals surface area (Å²) in [6.45, 7) is 2.07. The number of fused-ring (bicyclic) bond motifs is 4. The van der Waals surface area contributed by atoms with Gasteiger partial charge in [0.15, 0.2) is 17.5 Å². The molecule has 3 heterocycles. The molecule has 0 amide bonds. The molecule has 0 bridgehead atoms. The van der Waals surface area contributed by atoms with E-state index in [1.54, 1.807) is 0 Å². The highest BCUT2D eigenvalue weighted by Crippen LogP contribution is 2.48. The highest BCUT2D eigenvalue weighted by atomic mass is 79.9. The first-order chi connectivity index (χ1) is 18.7. The Morgan fingerprint density at radius 2 is 1.53 bits per heavy atom. The SMILES string of the molecule is Cc1nn(-c2ccccc2)c2c1[C@H](c1cccc(Br)c1)N1C(=N2)C(Nc2ccccc2)=Nc2ccccc21. The van der Waals surface area contributed by atoms with Crippen LogP contribution in [0.25, 0.3) is 5.69 Å². The molecule has 0 aliphatic carbocycles. The second-order valence-corrected chi connectivity index (χ2v) is 10.2. The van der Waals surface area contributed by atoms with E-state index in [1.807, 2.05) is 65.3 Å². The largest absolute Gasteiger partial charge is 0.337 e. The van der Waals surface area contributed by atoms with Crippen LogP contribution in [0.1, 0.15) is 22.9 Å². The predicted molar refractivity (Wildman–Crippen MR) is 157 cm³/mol. The monoisotopic (exact) mass is 558 g/mol. The summed E-state index contributed by atoms with van der Waals surface area (Å²) in [7, 11) is 0. The highest BCUT2D eigenvalue weighted by Gasteiger charge is 2.41. The van der Waals surface area contributed by atoms with Crippen molar-refractivity contribution >= 4 is 50.5 Å². The van der Waals surface area contributed by atoms with Crippen LogP contribution >= 0.6 is 15.9 Å². The van der Waals surface area contributed by atoms with E-state index in [0.717, 1.165) is 55.7 Å². The molecule has 4 aromatic carbocycles. The number of nitrogens with one attached hydrogen (secondary N) is 1. The van der Waals surface area contributed by atoms with Gasteiger partial charge in [-0.1, -0.05) is 76.6 Å². The number of hydrogen-bond acceptors (Lipinski definition) is 5. The van der Waals surface area contributed by atoms with Crippen molar-refractivity contribution in [2.24, 2.45) is 9.98 Å². The van der Waals surface area contributed by atoms with Crippen LogP contribution < -0.4 is 10.2 Å². The zero-order valence-electron chi connectivity index (χ0n) is 20.6. The lowest BCUT2D eigenvalue weighted by molar-refractivity contribution is 0.815. The van der Waals surface area contributed by atoms with Crippen molar-refractivity contribution in [2.75, 3.05) is 10.2 Å². The van der Waals surface area contributed by atoms with Crippen LogP contribution in [0.4, 0.5) is 22.9 Å². The molecular weight excluding hydrogens is 536 g/mol. The van der Waals surface area contributed by atoms with Gasteiger partial charge in [-0.2, -0.15) is 5.10 Å². The van der Waals surface area contributed by atoms with Crippen LogP contribution in [0.5, 0.6) is 0 Å². The number of anilines is 2. The Balaban J connectivity index is 1.51. The van der Waals surface area contributed by atoms with Gasteiger partial charge < -0.3 is 10.2 Å². The summed E-state index contributed by atoms with van der Waals surface area (Å²) >= 11 is 3.70. The maximum atomic E-state index is 5.28. The molecule has 1 aromatic heterocycles. The third kappa shape index (κ3) is 3.74. The first kappa shape index (κ1) is 22.7. The zero-order valence-corrected chi connectivity index (χ0v) is 22.2. The summed E-state index contributed by atoms with van der Waals surface area (Å²) in [5.74, 6) is 2.26. The number of aryl methyl sites for hydroxylation is 1. The highest BCUT2D eigenvalue weighted by molar-refractivity contribution is 9.10. The van der Waals surface area contributed by atoms with Crippen LogP contribution in [0.15, 0.2) is 124 Å². The number of aromatic nitrogens is 2. The lowest BCUT2D eigenvalue weighted by Crippen LogP contribution is -2.46. The molecule has 2 aliphatic rings. The molecule has 38 heavy (non-hydrogen) atoms. The van der Waals surface area contributed by atoms with Gasteiger partial charge in [0.1, 0.15) is 0 Å². The van der Waals surface area contributed by atoms with Crippen LogP contribution in [0.3, 0.4) is 0 Å². The first-order valence-corrected chi connectivity index (χ1v) is 13.3. The maximum absolute atomic E-state index is 5.28. The summed E-state index contributed by atoms with van der Waals surface area (Å²) in [4.78, 5) is 12.6. The van der Waals surface area contributed by atoms with Crippen LogP contribution in [0.2, 0.25) is 0 Å². The molecule has 0 saturated heterocycles. The van der Waals surface area contributed by atoms with Crippen LogP contribution in [0, 0.1) is 6.92 Å². The standard InChI is InChI=1S/C31H23BrN6/c1-20-27-28(21-11-10-12-22(32)19-21)37-26-18-9-8-17-25(26)34-29(33-23-13-4-2-5-14-23)31(37)35-30(27)38(36-20)24-15-6-3-7-16-24/h2-19,28H,1H3,(H,33,34)/t28-/m0/s1. The van der Waals surface area contributed by atoms with Gasteiger partial charge in [0.05, 0.1) is 28.8 Å². The Bertz CT molecular complexity index is 1720. The summed E-state index contributed by atoms with van der Waals surface area (Å²) in [5.41, 5.74) is 6.97. The third-order valence-electron chi connectivity index (χ3n) is 6.84. The normalized spacial score (nSPS) is 15.6. The quantitative estimate of drug-likeness (QED) is 0.246. The number of rotatable bonds is 3. The van der Waals surface area contributed by atoms with E-state index in [2.05, 4.69) is 81.6 Å². The topological polar surface area (TPSA) is 57.8 Å². The smallest absolute Gasteiger partial charge is 0.179 e. The number of nitrogens with zero attached hydrogens (tertiary/aromatic N) is 5. The molecule has 5 aromatic rings. The Hall–Kier alpha value is -4.49. The Morgan fingerprint density at radius 3 is 2.32 bits per heavy atom. The minimum absolute atomic E-state index is 0.156. The molecule has 0 unspecified atom stereocenters. The van der Waals surface area contributed by atoms with E-state index in [1.165, 1.54) is 0 Å². The lowest BCUT2D eigenvalue weighted by atomic mass is 9.93. The fourth-order valence-corrected chi connectivity index (χ4v) is 5.61. The summed E-state index contributed by atoms with van der Waals surface area (Å²) in [6.07, 6.45) is 0. The Labute approximate surface area is 229 Å². The second kappa shape index (κ2) is 9.11. The zero-order chi connectivity index (χ0) is 25.6. The van der Waals surface area contributed by atoms with E-state index in [4.69, 9.17) is 15.1 Å². The number of para-hydroxylation sites is 4. The summed E-state index contributed by atoms with van der Waals surface area (Å²) in [5, 5.41) is 8.53. The van der Waals surface area contributed by atoms with Crippen LogP contribution in [-0.4, -0.2) is 21.5 Å². The Kier molecular flexibility index (Phi) is 5.44. The van der Waals surface area contributed by atoms with Gasteiger partial charge in [-0.15, -0.1) is 0 Å². The molecule has 0 spiro atoms. The van der Waals surface area contributed by atoms with E-state index in [-0.39, 0.29) is 6.04 Å². The number of aliphatic imine (C=N–C) groups is 2. The van der Waals surface area contributed by atoms with Gasteiger partial charge in [-0.3, -0.25) is 0 Å². The number of amidine groups is 2. The molecule has 2 aliphatic heterocycles. The fraction of sp³-hybridized carbons (Fsp3) is 0.0645. The molecule has 7 rings (SSSR count). The Morgan fingerprint density at radius 1 is 0.789 bits per heavy atom. The minimum atomic E-state index is -0.156. The summed E-state index contributed by atoms with van der Waals surface area (Å²) in [6, 6.07) is 36.8. The fourth-order valence-electron chi connectivity index (χ4n) is 5.20. The van der Waals surface area contributed by atoms with Crippen molar-refractivity contribution in [3.63, 3.8) is 0 Å². The van der Waals surface area contributed by atoms with Crippen LogP contribution in [-0.2, 0) is 0 Å². The lowest BCUT2D eigenvalue weighted by Gasteiger charge is -2.40. The van der Waals surface area contributed by atoms with E-state index in [9.17, 15) is 0 Å². The molecule has 184 valence electrons. The van der Waals surface area contributed by atoms with Gasteiger partial charge in [-0.05, 0) is 61.0 Å². The molecule has 1 atom stereocenters. The molecule has 0 radical (unpaired) electrons. The molecule has 7 heteroatoms. The predicted octanol–water partition coefficient (Wildman–Crippen LogP) is 7.74. The van der Waals surface area contributed by atoms with Crippen molar-refractivity contribution in [3.8, 4) is 5.69 Å². The van der Waals surface area contributed by atoms with E-state index in [0.29, 0.717) is 5.84 Å². The van der Waals surface area contributed by atoms with Crippen molar-refractivity contribution in [1.29, 1.82) is 0 Å². The molecule has 1 N–H and O–H groups in total. The van der Waals surface area contributed by atoms with Crippen molar-refractivity contribution in [1.82, 2.24) is 9.78 Å². The van der Waals surface area contributed by atoms with Gasteiger partial charge in [0.2, 0.25) is 0 Å². The average Bonchev–Trinajstić information content (AvgIpc) is 3.29. The molecule has 0 fully saturated rings. The second-order valence-electron chi connectivity index (χ2n) is 9.27. The van der Waals surface area contributed by atoms with Gasteiger partial charge in [-0.25, -0.2) is 14.7 Å². The molecule has 6 nitrogen and oxygen atoms in total. The molecule has 0 saturated carbocycles.